The lowest BCUT2D eigenvalue weighted by molar-refractivity contribution is -0.145. The van der Waals surface area contributed by atoms with E-state index in [0.717, 1.165) is 0 Å². The highest BCUT2D eigenvalue weighted by Crippen LogP contribution is 2.32. The average molecular weight is 454 g/mol. The number of halogens is 1. The molecule has 1 atom stereocenters. The maximum Gasteiger partial charge on any atom is 0.344 e. The van der Waals surface area contributed by atoms with E-state index in [1.165, 1.54) is 11.8 Å². The Kier molecular flexibility index (Phi) is 10.00. The van der Waals surface area contributed by atoms with Crippen LogP contribution in [-0.4, -0.2) is 42.4 Å². The van der Waals surface area contributed by atoms with Crippen molar-refractivity contribution in [1.29, 1.82) is 5.41 Å². The van der Waals surface area contributed by atoms with Gasteiger partial charge in [-0.2, -0.15) is 0 Å². The Morgan fingerprint density at radius 2 is 1.90 bits per heavy atom. The number of hydrogen-bond acceptors (Lipinski definition) is 7. The van der Waals surface area contributed by atoms with Crippen molar-refractivity contribution in [3.63, 3.8) is 0 Å². The third kappa shape index (κ3) is 6.85. The van der Waals surface area contributed by atoms with Gasteiger partial charge in [-0.05, 0) is 55.1 Å². The molecule has 10 heteroatoms. The summed E-state index contributed by atoms with van der Waals surface area (Å²) >= 11 is 1.38. The summed E-state index contributed by atoms with van der Waals surface area (Å²) in [6.45, 7) is 1.77. The van der Waals surface area contributed by atoms with Crippen LogP contribution in [0.4, 0.5) is 5.69 Å². The van der Waals surface area contributed by atoms with Crippen LogP contribution in [0.2, 0.25) is 0 Å². The van der Waals surface area contributed by atoms with Crippen molar-refractivity contribution in [2.75, 3.05) is 24.8 Å². The van der Waals surface area contributed by atoms with E-state index in [1.807, 2.05) is 6.26 Å². The molecule has 0 fully saturated rings. The predicted molar refractivity (Wildman–Crippen MR) is 119 cm³/mol. The topological polar surface area (TPSA) is 135 Å². The molecule has 0 aliphatic carbocycles. The van der Waals surface area contributed by atoms with Gasteiger partial charge in [0.05, 0.1) is 6.61 Å². The van der Waals surface area contributed by atoms with Crippen LogP contribution >= 0.6 is 24.2 Å². The number of thioether (sulfide) groups is 1. The molecule has 0 saturated carbocycles. The van der Waals surface area contributed by atoms with Gasteiger partial charge in [-0.3, -0.25) is 5.41 Å². The van der Waals surface area contributed by atoms with Gasteiger partial charge in [-0.25, -0.2) is 9.59 Å². The molecule has 2 aromatic rings. The zero-order chi connectivity index (χ0) is 21.4. The summed E-state index contributed by atoms with van der Waals surface area (Å²) in [5.74, 6) is -1.10. The number of nitrogens with one attached hydrogen (secondary N) is 2. The molecule has 0 bridgehead atoms. The van der Waals surface area contributed by atoms with Crippen LogP contribution in [0.25, 0.3) is 0 Å². The van der Waals surface area contributed by atoms with Crippen LogP contribution in [-0.2, 0) is 14.3 Å². The first-order valence-electron chi connectivity index (χ1n) is 8.75. The number of carboxylic acids is 1. The first kappa shape index (κ1) is 25.1. The quantitative estimate of drug-likeness (QED) is 0.186. The monoisotopic (exact) mass is 453 g/mol. The Balaban J connectivity index is 0.00000450. The molecule has 8 nitrogen and oxygen atoms in total. The SMILES string of the molecule is CCOC(=O)COc1ccc(C(Nc2ccc(C(=N)N)cc2)C(=O)O)cc1SC.Cl. The van der Waals surface area contributed by atoms with Gasteiger partial charge in [0.1, 0.15) is 11.6 Å². The standard InChI is InChI=1S/C20H23N3O5S.ClH/c1-3-27-17(24)11-28-15-9-6-13(10-16(15)29-2)18(20(25)26)23-14-7-4-12(5-8-14)19(21)22;/h4-10,18,23H,3,11H2,1-2H3,(H3,21,22)(H,25,26);1H. The molecule has 1 unspecified atom stereocenters. The number of benzene rings is 2. The first-order valence-corrected chi connectivity index (χ1v) is 9.98. The highest BCUT2D eigenvalue weighted by Gasteiger charge is 2.21. The number of carboxylic acid groups (broad SMARTS) is 1. The van der Waals surface area contributed by atoms with E-state index >= 15 is 0 Å². The van der Waals surface area contributed by atoms with Gasteiger partial charge in [-0.1, -0.05) is 6.07 Å². The number of amidine groups is 1. The molecule has 0 aliphatic rings. The van der Waals surface area contributed by atoms with Crippen molar-refractivity contribution >= 4 is 47.6 Å². The van der Waals surface area contributed by atoms with Gasteiger partial charge in [0, 0.05) is 16.1 Å². The minimum atomic E-state index is -1.05. The van der Waals surface area contributed by atoms with Crippen molar-refractivity contribution < 1.29 is 24.2 Å². The van der Waals surface area contributed by atoms with Crippen LogP contribution in [0, 0.1) is 5.41 Å². The molecule has 0 spiro atoms. The number of nitrogens with two attached hydrogens (primary N) is 1. The molecule has 0 amide bonds. The number of esters is 1. The van der Waals surface area contributed by atoms with Crippen molar-refractivity contribution in [2.24, 2.45) is 5.73 Å². The van der Waals surface area contributed by atoms with Crippen molar-refractivity contribution in [1.82, 2.24) is 0 Å². The molecule has 162 valence electrons. The lowest BCUT2D eigenvalue weighted by Gasteiger charge is -2.18. The molecule has 0 aliphatic heterocycles. The second kappa shape index (κ2) is 11.9. The van der Waals surface area contributed by atoms with E-state index in [2.05, 4.69) is 5.32 Å². The largest absolute Gasteiger partial charge is 0.481 e. The van der Waals surface area contributed by atoms with Gasteiger partial charge < -0.3 is 25.6 Å². The van der Waals surface area contributed by atoms with Crippen molar-refractivity contribution in [3.8, 4) is 5.75 Å². The summed E-state index contributed by atoms with van der Waals surface area (Å²) in [5, 5.41) is 20.1. The highest BCUT2D eigenvalue weighted by atomic mass is 35.5. The number of hydrogen-bond donors (Lipinski definition) is 4. The summed E-state index contributed by atoms with van der Waals surface area (Å²) in [4.78, 5) is 24.0. The summed E-state index contributed by atoms with van der Waals surface area (Å²) < 4.78 is 10.3. The maximum absolute atomic E-state index is 11.8. The number of nitrogen functional groups attached to an aromatic ring is 1. The van der Waals surface area contributed by atoms with Crippen LogP contribution in [0.15, 0.2) is 47.4 Å². The fourth-order valence-electron chi connectivity index (χ4n) is 2.52. The van der Waals surface area contributed by atoms with E-state index in [0.29, 0.717) is 27.5 Å². The first-order chi connectivity index (χ1) is 13.8. The predicted octanol–water partition coefficient (Wildman–Crippen LogP) is 3.29. The zero-order valence-corrected chi connectivity index (χ0v) is 18.1. The molecule has 5 N–H and O–H groups in total. The van der Waals surface area contributed by atoms with E-state index in [9.17, 15) is 14.7 Å². The molecule has 0 heterocycles. The van der Waals surface area contributed by atoms with Gasteiger partial charge in [0.2, 0.25) is 0 Å². The summed E-state index contributed by atoms with van der Waals surface area (Å²) in [7, 11) is 0. The lowest BCUT2D eigenvalue weighted by Crippen LogP contribution is -2.21. The molecule has 2 rings (SSSR count). The second-order valence-electron chi connectivity index (χ2n) is 5.91. The molecule has 0 saturated heterocycles. The van der Waals surface area contributed by atoms with Crippen LogP contribution in [0.5, 0.6) is 5.75 Å². The normalized spacial score (nSPS) is 11.0. The van der Waals surface area contributed by atoms with Crippen molar-refractivity contribution in [3.05, 3.63) is 53.6 Å². The number of anilines is 1. The molecule has 0 aromatic heterocycles. The summed E-state index contributed by atoms with van der Waals surface area (Å²) in [6, 6.07) is 10.6. The van der Waals surface area contributed by atoms with Crippen molar-refractivity contribution in [2.45, 2.75) is 17.9 Å². The zero-order valence-electron chi connectivity index (χ0n) is 16.5. The number of carbonyl (C=O) groups is 2. The third-order valence-electron chi connectivity index (χ3n) is 3.93. The minimum absolute atomic E-state index is 0. The fraction of sp³-hybridized carbons (Fsp3) is 0.250. The number of ether oxygens (including phenoxy) is 2. The Labute approximate surface area is 185 Å². The van der Waals surface area contributed by atoms with Gasteiger partial charge in [0.15, 0.2) is 12.6 Å². The average Bonchev–Trinajstić information content (AvgIpc) is 2.70. The molecule has 2 aromatic carbocycles. The van der Waals surface area contributed by atoms with Crippen LogP contribution in [0.3, 0.4) is 0 Å². The lowest BCUT2D eigenvalue weighted by atomic mass is 10.1. The van der Waals surface area contributed by atoms with E-state index in [-0.39, 0.29) is 31.5 Å². The van der Waals surface area contributed by atoms with Crippen LogP contribution in [0.1, 0.15) is 24.1 Å². The smallest absolute Gasteiger partial charge is 0.344 e. The van der Waals surface area contributed by atoms with E-state index < -0.39 is 18.0 Å². The minimum Gasteiger partial charge on any atom is -0.481 e. The highest BCUT2D eigenvalue weighted by molar-refractivity contribution is 7.98. The van der Waals surface area contributed by atoms with Gasteiger partial charge in [-0.15, -0.1) is 24.2 Å². The van der Waals surface area contributed by atoms with Gasteiger partial charge in [0.25, 0.3) is 0 Å². The van der Waals surface area contributed by atoms with Gasteiger partial charge >= 0.3 is 11.9 Å². The molecule has 30 heavy (non-hydrogen) atoms. The molecule has 0 radical (unpaired) electrons. The Morgan fingerprint density at radius 3 is 2.43 bits per heavy atom. The Morgan fingerprint density at radius 1 is 1.23 bits per heavy atom. The Bertz CT molecular complexity index is 893. The number of rotatable bonds is 10. The Hall–Kier alpha value is -2.91. The van der Waals surface area contributed by atoms with Crippen LogP contribution < -0.4 is 15.8 Å². The molecular formula is C20H24ClN3O5S. The summed E-state index contributed by atoms with van der Waals surface area (Å²) in [5.41, 5.74) is 7.10. The third-order valence-corrected chi connectivity index (χ3v) is 4.68. The summed E-state index contributed by atoms with van der Waals surface area (Å²) in [6.07, 6.45) is 1.83. The molecular weight excluding hydrogens is 430 g/mol. The maximum atomic E-state index is 11.8. The number of carbonyl (C=O) groups excluding carboxylic acids is 1. The van der Waals surface area contributed by atoms with E-state index in [1.54, 1.807) is 49.4 Å². The van der Waals surface area contributed by atoms with E-state index in [4.69, 9.17) is 20.6 Å². The fourth-order valence-corrected chi connectivity index (χ4v) is 3.10. The number of aliphatic carboxylic acids is 1. The second-order valence-corrected chi connectivity index (χ2v) is 6.76.